The molecule has 0 N–H and O–H groups in total. The van der Waals surface area contributed by atoms with Crippen molar-refractivity contribution in [3.63, 3.8) is 0 Å². The summed E-state index contributed by atoms with van der Waals surface area (Å²) in [7, 11) is 0. The minimum atomic E-state index is 0.108. The van der Waals surface area contributed by atoms with Crippen molar-refractivity contribution < 1.29 is 4.79 Å². The van der Waals surface area contributed by atoms with Crippen molar-refractivity contribution in [2.45, 2.75) is 46.5 Å². The Morgan fingerprint density at radius 2 is 2.11 bits per heavy atom. The highest BCUT2D eigenvalue weighted by molar-refractivity contribution is 5.87. The third kappa shape index (κ3) is 4.82. The molecule has 0 bridgehead atoms. The van der Waals surface area contributed by atoms with E-state index in [1.807, 2.05) is 24.1 Å². The number of rotatable bonds is 4. The topological polar surface area (TPSA) is 46.1 Å². The van der Waals surface area contributed by atoms with Gasteiger partial charge in [0.25, 0.3) is 0 Å². The second kappa shape index (κ2) is 8.47. The molecule has 142 valence electrons. The van der Waals surface area contributed by atoms with Crippen molar-refractivity contribution >= 4 is 5.91 Å². The second-order valence-electron chi connectivity index (χ2n) is 7.81. The molecular weight excluding hydrogens is 334 g/mol. The summed E-state index contributed by atoms with van der Waals surface area (Å²) in [6.45, 7) is 9.74. The summed E-state index contributed by atoms with van der Waals surface area (Å²) in [4.78, 5) is 23.8. The van der Waals surface area contributed by atoms with Crippen LogP contribution in [0.15, 0.2) is 42.6 Å². The molecule has 1 aliphatic heterocycles. The first kappa shape index (κ1) is 19.3. The van der Waals surface area contributed by atoms with Gasteiger partial charge in [0.2, 0.25) is 5.91 Å². The number of hydrogen-bond acceptors (Lipinski definition) is 3. The lowest BCUT2D eigenvalue weighted by Gasteiger charge is -2.32. The molecule has 2 heterocycles. The molecule has 1 amide bonds. The summed E-state index contributed by atoms with van der Waals surface area (Å²) in [6, 6.07) is 8.46. The summed E-state index contributed by atoms with van der Waals surface area (Å²) >= 11 is 0. The number of hydrogen-bond donors (Lipinski definition) is 0. The molecular formula is C23H29N3O. The molecule has 0 aliphatic carbocycles. The molecule has 0 spiro atoms. The van der Waals surface area contributed by atoms with Crippen LogP contribution in [0.3, 0.4) is 0 Å². The lowest BCUT2D eigenvalue weighted by Crippen LogP contribution is -2.38. The first-order valence-electron chi connectivity index (χ1n) is 9.81. The van der Waals surface area contributed by atoms with Gasteiger partial charge in [0.05, 0.1) is 5.69 Å². The Kier molecular flexibility index (Phi) is 6.04. The molecule has 1 aliphatic rings. The smallest absolute Gasteiger partial charge is 0.246 e. The molecule has 0 saturated carbocycles. The molecule has 0 unspecified atom stereocenters. The Bertz CT molecular complexity index is 841. The number of piperidine rings is 1. The molecule has 2 aromatic rings. The minimum absolute atomic E-state index is 0.108. The van der Waals surface area contributed by atoms with Crippen LogP contribution in [0.2, 0.25) is 0 Å². The average Bonchev–Trinajstić information content (AvgIpc) is 2.66. The zero-order valence-corrected chi connectivity index (χ0v) is 16.8. The van der Waals surface area contributed by atoms with E-state index in [0.29, 0.717) is 5.92 Å². The number of nitrogens with zero attached hydrogens (tertiary/aromatic N) is 3. The van der Waals surface area contributed by atoms with Crippen LogP contribution in [0.1, 0.15) is 49.7 Å². The number of carbonyl (C=O) groups is 1. The molecule has 1 fully saturated rings. The van der Waals surface area contributed by atoms with Crippen molar-refractivity contribution in [2.24, 2.45) is 5.92 Å². The SMILES string of the molecule is Cc1cccc(-c2cnc(C)nc2[C@@H]2CCCN(C(=O)/C=C/C(C)C)C2)c1. The van der Waals surface area contributed by atoms with E-state index >= 15 is 0 Å². The molecule has 4 heteroatoms. The molecule has 1 atom stereocenters. The quantitative estimate of drug-likeness (QED) is 0.741. The van der Waals surface area contributed by atoms with Gasteiger partial charge in [-0.15, -0.1) is 0 Å². The standard InChI is InChI=1S/C23H29N3O/c1-16(2)10-11-22(27)26-12-6-9-20(15-26)23-21(14-24-18(4)25-23)19-8-5-7-17(3)13-19/h5,7-8,10-11,13-14,16,20H,6,9,12,15H2,1-4H3/b11-10+/t20-/m1/s1. The normalized spacial score (nSPS) is 17.7. The highest BCUT2D eigenvalue weighted by Crippen LogP contribution is 2.33. The van der Waals surface area contributed by atoms with E-state index < -0.39 is 0 Å². The molecule has 3 rings (SSSR count). The third-order valence-corrected chi connectivity index (χ3v) is 5.01. The summed E-state index contributed by atoms with van der Waals surface area (Å²) in [5.74, 6) is 1.51. The van der Waals surface area contributed by atoms with Crippen molar-refractivity contribution in [1.29, 1.82) is 0 Å². The summed E-state index contributed by atoms with van der Waals surface area (Å²) in [6.07, 6.45) is 7.68. The van der Waals surface area contributed by atoms with Crippen LogP contribution in [-0.2, 0) is 4.79 Å². The highest BCUT2D eigenvalue weighted by Gasteiger charge is 2.27. The van der Waals surface area contributed by atoms with E-state index in [4.69, 9.17) is 4.98 Å². The number of likely N-dealkylation sites (tertiary alicyclic amines) is 1. The van der Waals surface area contributed by atoms with Crippen molar-refractivity contribution in [3.8, 4) is 11.1 Å². The van der Waals surface area contributed by atoms with Crippen LogP contribution in [0, 0.1) is 19.8 Å². The number of aryl methyl sites for hydroxylation is 2. The fourth-order valence-electron chi connectivity index (χ4n) is 3.61. The molecule has 0 radical (unpaired) electrons. The minimum Gasteiger partial charge on any atom is -0.339 e. The van der Waals surface area contributed by atoms with E-state index in [1.54, 1.807) is 6.08 Å². The number of amides is 1. The summed E-state index contributed by atoms with van der Waals surface area (Å²) < 4.78 is 0. The van der Waals surface area contributed by atoms with E-state index in [0.717, 1.165) is 48.6 Å². The van der Waals surface area contributed by atoms with Gasteiger partial charge in [-0.25, -0.2) is 9.97 Å². The van der Waals surface area contributed by atoms with Crippen LogP contribution >= 0.6 is 0 Å². The van der Waals surface area contributed by atoms with Gasteiger partial charge in [0.1, 0.15) is 5.82 Å². The predicted molar refractivity (Wildman–Crippen MR) is 109 cm³/mol. The van der Waals surface area contributed by atoms with E-state index in [9.17, 15) is 4.79 Å². The monoisotopic (exact) mass is 363 g/mol. The zero-order chi connectivity index (χ0) is 19.4. The van der Waals surface area contributed by atoms with Gasteiger partial charge < -0.3 is 4.90 Å². The molecule has 1 aromatic heterocycles. The van der Waals surface area contributed by atoms with Crippen LogP contribution in [-0.4, -0.2) is 33.9 Å². The molecule has 1 aromatic carbocycles. The van der Waals surface area contributed by atoms with Crippen LogP contribution in [0.5, 0.6) is 0 Å². The summed E-state index contributed by atoms with van der Waals surface area (Å²) in [5, 5.41) is 0. The van der Waals surface area contributed by atoms with Crippen molar-refractivity contribution in [2.75, 3.05) is 13.1 Å². The third-order valence-electron chi connectivity index (χ3n) is 5.01. The number of carbonyl (C=O) groups excluding carboxylic acids is 1. The first-order valence-corrected chi connectivity index (χ1v) is 9.81. The maximum absolute atomic E-state index is 12.6. The molecule has 1 saturated heterocycles. The fraction of sp³-hybridized carbons (Fsp3) is 0.435. The zero-order valence-electron chi connectivity index (χ0n) is 16.8. The Morgan fingerprint density at radius 3 is 2.85 bits per heavy atom. The maximum Gasteiger partial charge on any atom is 0.246 e. The molecule has 27 heavy (non-hydrogen) atoms. The van der Waals surface area contributed by atoms with Crippen LogP contribution in [0.25, 0.3) is 11.1 Å². The van der Waals surface area contributed by atoms with Crippen LogP contribution < -0.4 is 0 Å². The largest absolute Gasteiger partial charge is 0.339 e. The van der Waals surface area contributed by atoms with E-state index in [-0.39, 0.29) is 11.8 Å². The van der Waals surface area contributed by atoms with Gasteiger partial charge in [-0.3, -0.25) is 4.79 Å². The number of allylic oxidation sites excluding steroid dienone is 1. The van der Waals surface area contributed by atoms with Gasteiger partial charge in [-0.1, -0.05) is 49.8 Å². The average molecular weight is 364 g/mol. The van der Waals surface area contributed by atoms with Gasteiger partial charge in [0.15, 0.2) is 0 Å². The Labute approximate surface area is 162 Å². The van der Waals surface area contributed by atoms with Crippen LogP contribution in [0.4, 0.5) is 0 Å². The van der Waals surface area contributed by atoms with Gasteiger partial charge in [0, 0.05) is 30.8 Å². The Balaban J connectivity index is 1.89. The predicted octanol–water partition coefficient (Wildman–Crippen LogP) is 4.68. The lowest BCUT2D eigenvalue weighted by atomic mass is 9.89. The number of aromatic nitrogens is 2. The van der Waals surface area contributed by atoms with Gasteiger partial charge >= 0.3 is 0 Å². The van der Waals surface area contributed by atoms with Crippen molar-refractivity contribution in [1.82, 2.24) is 14.9 Å². The van der Waals surface area contributed by atoms with Gasteiger partial charge in [-0.2, -0.15) is 0 Å². The highest BCUT2D eigenvalue weighted by atomic mass is 16.2. The van der Waals surface area contributed by atoms with E-state index in [2.05, 4.69) is 50.0 Å². The van der Waals surface area contributed by atoms with E-state index in [1.165, 1.54) is 5.56 Å². The lowest BCUT2D eigenvalue weighted by molar-refractivity contribution is -0.127. The van der Waals surface area contributed by atoms with Crippen molar-refractivity contribution in [3.05, 3.63) is 59.7 Å². The number of benzene rings is 1. The molecule has 4 nitrogen and oxygen atoms in total. The fourth-order valence-corrected chi connectivity index (χ4v) is 3.61. The maximum atomic E-state index is 12.6. The second-order valence-corrected chi connectivity index (χ2v) is 7.81. The Hall–Kier alpha value is -2.49. The summed E-state index contributed by atoms with van der Waals surface area (Å²) in [5.41, 5.74) is 4.52. The van der Waals surface area contributed by atoms with Gasteiger partial charge in [-0.05, 0) is 44.2 Å². The Morgan fingerprint density at radius 1 is 1.30 bits per heavy atom. The first-order chi connectivity index (χ1) is 12.9.